The van der Waals surface area contributed by atoms with E-state index in [1.54, 1.807) is 38.7 Å². The Morgan fingerprint density at radius 3 is 2.42 bits per heavy atom. The number of nitrogens with zero attached hydrogens (tertiary/aromatic N) is 3. The maximum absolute atomic E-state index is 14.0. The Bertz CT molecular complexity index is 1090. The van der Waals surface area contributed by atoms with Crippen LogP contribution >= 0.6 is 0 Å². The van der Waals surface area contributed by atoms with Crippen molar-refractivity contribution in [1.82, 2.24) is 14.8 Å². The van der Waals surface area contributed by atoms with Crippen LogP contribution in [-0.2, 0) is 14.4 Å². The van der Waals surface area contributed by atoms with Crippen LogP contribution in [0.5, 0.6) is 0 Å². The molecule has 3 amide bonds. The number of carbonyl (C=O) groups excluding carboxylic acids is 3. The van der Waals surface area contributed by atoms with Crippen LogP contribution in [0.3, 0.4) is 0 Å². The Balaban J connectivity index is 1.91. The highest BCUT2D eigenvalue weighted by Crippen LogP contribution is 2.30. The van der Waals surface area contributed by atoms with Crippen LogP contribution in [0.1, 0.15) is 37.9 Å². The monoisotopic (exact) mass is 459 g/mol. The fourth-order valence-corrected chi connectivity index (χ4v) is 3.81. The SMILES string of the molecule is Cc1cc(NC(=O)C(=O)N2C[C@H](C)N(C(=O)C(C)C)C[C@@H]2c2ccc(F)c(F)c2)cnc1N. The highest BCUT2D eigenvalue weighted by molar-refractivity contribution is 6.39. The number of nitrogens with two attached hydrogens (primary N) is 1. The highest BCUT2D eigenvalue weighted by Gasteiger charge is 2.40. The van der Waals surface area contributed by atoms with Crippen LogP contribution in [0.2, 0.25) is 0 Å². The van der Waals surface area contributed by atoms with Gasteiger partial charge in [0, 0.05) is 25.0 Å². The predicted molar refractivity (Wildman–Crippen MR) is 119 cm³/mol. The third kappa shape index (κ3) is 5.10. The van der Waals surface area contributed by atoms with Crippen molar-refractivity contribution in [2.45, 2.75) is 39.8 Å². The van der Waals surface area contributed by atoms with E-state index in [2.05, 4.69) is 10.3 Å². The molecule has 0 unspecified atom stereocenters. The molecule has 1 fully saturated rings. The maximum Gasteiger partial charge on any atom is 0.313 e. The van der Waals surface area contributed by atoms with Crippen molar-refractivity contribution in [2.24, 2.45) is 5.92 Å². The van der Waals surface area contributed by atoms with Crippen molar-refractivity contribution in [3.63, 3.8) is 0 Å². The molecule has 33 heavy (non-hydrogen) atoms. The number of aryl methyl sites for hydroxylation is 1. The van der Waals surface area contributed by atoms with E-state index in [0.717, 1.165) is 12.1 Å². The number of aromatic nitrogens is 1. The predicted octanol–water partition coefficient (Wildman–Crippen LogP) is 2.65. The van der Waals surface area contributed by atoms with E-state index in [0.29, 0.717) is 17.1 Å². The fourth-order valence-electron chi connectivity index (χ4n) is 3.81. The normalized spacial score (nSPS) is 18.4. The van der Waals surface area contributed by atoms with Gasteiger partial charge >= 0.3 is 11.8 Å². The Morgan fingerprint density at radius 2 is 1.82 bits per heavy atom. The van der Waals surface area contributed by atoms with Crippen LogP contribution in [0.25, 0.3) is 0 Å². The molecule has 0 aliphatic carbocycles. The molecule has 3 rings (SSSR count). The van der Waals surface area contributed by atoms with E-state index in [9.17, 15) is 23.2 Å². The molecule has 3 N–H and O–H groups in total. The number of benzene rings is 1. The van der Waals surface area contributed by atoms with Crippen LogP contribution in [0.4, 0.5) is 20.3 Å². The highest BCUT2D eigenvalue weighted by atomic mass is 19.2. The first-order valence-electron chi connectivity index (χ1n) is 10.6. The number of nitrogen functional groups attached to an aromatic ring is 1. The lowest BCUT2D eigenvalue weighted by Gasteiger charge is -2.45. The summed E-state index contributed by atoms with van der Waals surface area (Å²) in [5.41, 5.74) is 6.90. The van der Waals surface area contributed by atoms with E-state index in [-0.39, 0.29) is 36.5 Å². The van der Waals surface area contributed by atoms with Crippen molar-refractivity contribution < 1.29 is 23.2 Å². The number of piperazine rings is 1. The van der Waals surface area contributed by atoms with Gasteiger partial charge in [0.2, 0.25) is 5.91 Å². The van der Waals surface area contributed by atoms with Gasteiger partial charge < -0.3 is 20.9 Å². The molecular weight excluding hydrogens is 432 g/mol. The van der Waals surface area contributed by atoms with E-state index >= 15 is 0 Å². The minimum Gasteiger partial charge on any atom is -0.383 e. The Kier molecular flexibility index (Phi) is 6.95. The van der Waals surface area contributed by atoms with Gasteiger partial charge in [0.05, 0.1) is 17.9 Å². The van der Waals surface area contributed by atoms with Gasteiger partial charge in [0.1, 0.15) is 5.82 Å². The largest absolute Gasteiger partial charge is 0.383 e. The van der Waals surface area contributed by atoms with Crippen molar-refractivity contribution in [1.29, 1.82) is 0 Å². The van der Waals surface area contributed by atoms with Gasteiger partial charge in [-0.2, -0.15) is 0 Å². The standard InChI is InChI=1S/C23H27F2N5O3/c1-12(2)22(32)29-11-19(15-5-6-17(24)18(25)8-15)30(10-14(29)4)23(33)21(31)28-16-7-13(3)20(26)27-9-16/h5-9,12,14,19H,10-11H2,1-4H3,(H2,26,27)(H,28,31)/t14-,19+/m0/s1. The van der Waals surface area contributed by atoms with Gasteiger partial charge in [-0.25, -0.2) is 13.8 Å². The van der Waals surface area contributed by atoms with Crippen molar-refractivity contribution in [3.8, 4) is 0 Å². The number of amides is 3. The molecule has 1 aliphatic heterocycles. The summed E-state index contributed by atoms with van der Waals surface area (Å²) in [6.07, 6.45) is 1.34. The van der Waals surface area contributed by atoms with E-state index in [1.807, 2.05) is 0 Å². The topological polar surface area (TPSA) is 109 Å². The summed E-state index contributed by atoms with van der Waals surface area (Å²) < 4.78 is 27.5. The minimum absolute atomic E-state index is 0.0464. The third-order valence-corrected chi connectivity index (χ3v) is 5.68. The van der Waals surface area contributed by atoms with E-state index in [4.69, 9.17) is 5.73 Å². The molecule has 0 spiro atoms. The fraction of sp³-hybridized carbons (Fsp3) is 0.391. The number of rotatable bonds is 3. The molecule has 1 aromatic carbocycles. The van der Waals surface area contributed by atoms with Gasteiger partial charge in [0.15, 0.2) is 11.6 Å². The molecule has 1 aliphatic rings. The lowest BCUT2D eigenvalue weighted by Crippen LogP contribution is -2.59. The summed E-state index contributed by atoms with van der Waals surface area (Å²) in [7, 11) is 0. The minimum atomic E-state index is -1.08. The lowest BCUT2D eigenvalue weighted by molar-refractivity contribution is -0.152. The number of halogens is 2. The van der Waals surface area contributed by atoms with Gasteiger partial charge in [-0.3, -0.25) is 14.4 Å². The molecule has 8 nitrogen and oxygen atoms in total. The summed E-state index contributed by atoms with van der Waals surface area (Å²) in [5.74, 6) is -3.99. The zero-order valence-electron chi connectivity index (χ0n) is 18.9. The van der Waals surface area contributed by atoms with Crippen molar-refractivity contribution >= 4 is 29.2 Å². The summed E-state index contributed by atoms with van der Waals surface area (Å²) in [6.45, 7) is 7.10. The first-order valence-corrected chi connectivity index (χ1v) is 10.6. The van der Waals surface area contributed by atoms with Gasteiger partial charge in [-0.15, -0.1) is 0 Å². The maximum atomic E-state index is 14.0. The molecule has 1 aromatic heterocycles. The number of hydrogen-bond donors (Lipinski definition) is 2. The van der Waals surface area contributed by atoms with Crippen LogP contribution in [0.15, 0.2) is 30.5 Å². The lowest BCUT2D eigenvalue weighted by atomic mass is 9.97. The summed E-state index contributed by atoms with van der Waals surface area (Å²) in [5, 5.41) is 2.50. The van der Waals surface area contributed by atoms with Crippen LogP contribution in [0, 0.1) is 24.5 Å². The molecule has 1 saturated heterocycles. The molecule has 2 heterocycles. The Hall–Kier alpha value is -3.56. The quantitative estimate of drug-likeness (QED) is 0.686. The Morgan fingerprint density at radius 1 is 1.12 bits per heavy atom. The second-order valence-corrected chi connectivity index (χ2v) is 8.52. The molecule has 0 bridgehead atoms. The molecule has 2 atom stereocenters. The Labute approximate surface area is 190 Å². The molecule has 10 heteroatoms. The average molecular weight is 459 g/mol. The smallest absolute Gasteiger partial charge is 0.313 e. The second-order valence-electron chi connectivity index (χ2n) is 8.52. The number of nitrogens with one attached hydrogen (secondary N) is 1. The van der Waals surface area contributed by atoms with E-state index < -0.39 is 29.5 Å². The van der Waals surface area contributed by atoms with Crippen LogP contribution < -0.4 is 11.1 Å². The molecule has 2 aromatic rings. The molecule has 0 saturated carbocycles. The van der Waals surface area contributed by atoms with Crippen molar-refractivity contribution in [2.75, 3.05) is 24.1 Å². The van der Waals surface area contributed by atoms with Crippen molar-refractivity contribution in [3.05, 3.63) is 53.2 Å². The van der Waals surface area contributed by atoms with E-state index in [1.165, 1.54) is 17.2 Å². The van der Waals surface area contributed by atoms with Gasteiger partial charge in [-0.05, 0) is 43.2 Å². The second kappa shape index (κ2) is 9.51. The van der Waals surface area contributed by atoms with Crippen LogP contribution in [-0.4, -0.2) is 51.6 Å². The first kappa shape index (κ1) is 24.1. The average Bonchev–Trinajstić information content (AvgIpc) is 2.77. The zero-order chi connectivity index (χ0) is 24.4. The molecule has 0 radical (unpaired) electrons. The number of carbonyl (C=O) groups is 3. The summed E-state index contributed by atoms with van der Waals surface area (Å²) in [4.78, 5) is 45.5. The van der Waals surface area contributed by atoms with Gasteiger partial charge in [-0.1, -0.05) is 19.9 Å². The zero-order valence-corrected chi connectivity index (χ0v) is 18.9. The summed E-state index contributed by atoms with van der Waals surface area (Å²) >= 11 is 0. The number of hydrogen-bond acceptors (Lipinski definition) is 5. The third-order valence-electron chi connectivity index (χ3n) is 5.68. The first-order chi connectivity index (χ1) is 15.5. The summed E-state index contributed by atoms with van der Waals surface area (Å²) in [6, 6.07) is 3.68. The number of pyridine rings is 1. The molecule has 176 valence electrons. The van der Waals surface area contributed by atoms with Gasteiger partial charge in [0.25, 0.3) is 0 Å². The number of anilines is 2. The molecular formula is C23H27F2N5O3.